The van der Waals surface area contributed by atoms with E-state index in [0.717, 1.165) is 62.6 Å². The SMILES string of the molecule is CN(C)C(=O)CN(CCCCc1ccc2c(n1)NCCC2)CC[C@H](Nc1ncc(F)cn1)C(=O)O. The summed E-state index contributed by atoms with van der Waals surface area (Å²) in [5, 5.41) is 15.7. The Labute approximate surface area is 205 Å². The molecule has 35 heavy (non-hydrogen) atoms. The normalized spacial score (nSPS) is 13.6. The number of aliphatic carboxylic acids is 1. The molecule has 1 amide bonds. The Balaban J connectivity index is 1.52. The molecule has 2 aromatic heterocycles. The lowest BCUT2D eigenvalue weighted by atomic mass is 10.1. The highest BCUT2D eigenvalue weighted by Crippen LogP contribution is 2.20. The molecule has 11 heteroatoms. The molecule has 1 aliphatic heterocycles. The van der Waals surface area contributed by atoms with E-state index in [-0.39, 0.29) is 24.8 Å². The molecule has 10 nitrogen and oxygen atoms in total. The van der Waals surface area contributed by atoms with Gasteiger partial charge >= 0.3 is 5.97 Å². The number of aryl methyl sites for hydroxylation is 2. The van der Waals surface area contributed by atoms with Crippen molar-refractivity contribution in [3.63, 3.8) is 0 Å². The monoisotopic (exact) mass is 487 g/mol. The number of pyridine rings is 1. The van der Waals surface area contributed by atoms with E-state index < -0.39 is 17.8 Å². The number of carbonyl (C=O) groups excluding carboxylic acids is 1. The van der Waals surface area contributed by atoms with Gasteiger partial charge in [0.25, 0.3) is 0 Å². The summed E-state index contributed by atoms with van der Waals surface area (Å²) in [7, 11) is 3.40. The highest BCUT2D eigenvalue weighted by molar-refractivity contribution is 5.78. The van der Waals surface area contributed by atoms with Gasteiger partial charge in [-0.2, -0.15) is 0 Å². The first-order valence-corrected chi connectivity index (χ1v) is 11.9. The molecular formula is C24H34FN7O3. The highest BCUT2D eigenvalue weighted by Gasteiger charge is 2.21. The van der Waals surface area contributed by atoms with Gasteiger partial charge in [0.1, 0.15) is 11.9 Å². The molecule has 1 aliphatic rings. The lowest BCUT2D eigenvalue weighted by molar-refractivity contribution is -0.138. The zero-order chi connectivity index (χ0) is 25.2. The molecule has 0 saturated carbocycles. The number of fused-ring (bicyclic) bond motifs is 1. The van der Waals surface area contributed by atoms with Gasteiger partial charge in [-0.15, -0.1) is 0 Å². The molecule has 3 N–H and O–H groups in total. The number of unbranched alkanes of at least 4 members (excludes halogenated alkanes) is 1. The first-order chi connectivity index (χ1) is 16.8. The fourth-order valence-electron chi connectivity index (χ4n) is 3.86. The van der Waals surface area contributed by atoms with Gasteiger partial charge in [-0.25, -0.2) is 24.1 Å². The number of likely N-dealkylation sites (N-methyl/N-ethyl adjacent to an activating group) is 1. The van der Waals surface area contributed by atoms with Gasteiger partial charge < -0.3 is 20.6 Å². The number of anilines is 2. The molecule has 190 valence electrons. The lowest BCUT2D eigenvalue weighted by Gasteiger charge is -2.25. The summed E-state index contributed by atoms with van der Waals surface area (Å²) in [6.45, 7) is 2.21. The minimum atomic E-state index is -1.07. The minimum Gasteiger partial charge on any atom is -0.480 e. The van der Waals surface area contributed by atoms with Crippen LogP contribution in [0, 0.1) is 5.82 Å². The Bertz CT molecular complexity index is 988. The van der Waals surface area contributed by atoms with E-state index in [9.17, 15) is 19.1 Å². The maximum absolute atomic E-state index is 13.0. The summed E-state index contributed by atoms with van der Waals surface area (Å²) in [6.07, 6.45) is 6.96. The van der Waals surface area contributed by atoms with Gasteiger partial charge in [0, 0.05) is 32.9 Å². The van der Waals surface area contributed by atoms with Crippen molar-refractivity contribution in [3.8, 4) is 0 Å². The first kappa shape index (κ1) is 26.3. The van der Waals surface area contributed by atoms with Crippen LogP contribution in [0.5, 0.6) is 0 Å². The van der Waals surface area contributed by atoms with Crippen molar-refractivity contribution in [1.29, 1.82) is 0 Å². The van der Waals surface area contributed by atoms with Crippen molar-refractivity contribution < 1.29 is 19.1 Å². The van der Waals surface area contributed by atoms with Crippen LogP contribution >= 0.6 is 0 Å². The second-order valence-electron chi connectivity index (χ2n) is 8.91. The minimum absolute atomic E-state index is 0.0433. The second-order valence-corrected chi connectivity index (χ2v) is 8.91. The molecule has 0 aliphatic carbocycles. The molecule has 3 heterocycles. The van der Waals surface area contributed by atoms with Crippen molar-refractivity contribution in [2.75, 3.05) is 50.9 Å². The topological polar surface area (TPSA) is 124 Å². The first-order valence-electron chi connectivity index (χ1n) is 11.9. The number of carbonyl (C=O) groups is 2. The van der Waals surface area contributed by atoms with E-state index in [0.29, 0.717) is 13.1 Å². The Kier molecular flexibility index (Phi) is 9.71. The summed E-state index contributed by atoms with van der Waals surface area (Å²) >= 11 is 0. The third-order valence-electron chi connectivity index (χ3n) is 5.92. The predicted octanol–water partition coefficient (Wildman–Crippen LogP) is 2.04. The van der Waals surface area contributed by atoms with Crippen LogP contribution in [0.25, 0.3) is 0 Å². The van der Waals surface area contributed by atoms with Crippen molar-refractivity contribution in [3.05, 3.63) is 41.6 Å². The average Bonchev–Trinajstić information content (AvgIpc) is 2.84. The summed E-state index contributed by atoms with van der Waals surface area (Å²) < 4.78 is 13.0. The second kappa shape index (κ2) is 12.9. The van der Waals surface area contributed by atoms with Crippen LogP contribution in [0.15, 0.2) is 24.5 Å². The molecule has 0 saturated heterocycles. The summed E-state index contributed by atoms with van der Waals surface area (Å²) in [5.74, 6) is -0.679. The van der Waals surface area contributed by atoms with Crippen molar-refractivity contribution in [1.82, 2.24) is 24.8 Å². The summed E-state index contributed by atoms with van der Waals surface area (Å²) in [4.78, 5) is 39.8. The zero-order valence-corrected chi connectivity index (χ0v) is 20.3. The number of carboxylic acids is 1. The van der Waals surface area contributed by atoms with E-state index >= 15 is 0 Å². The third-order valence-corrected chi connectivity index (χ3v) is 5.92. The number of nitrogens with one attached hydrogen (secondary N) is 2. The smallest absolute Gasteiger partial charge is 0.326 e. The quantitative estimate of drug-likeness (QED) is 0.364. The van der Waals surface area contributed by atoms with Crippen LogP contribution in [0.3, 0.4) is 0 Å². The van der Waals surface area contributed by atoms with Gasteiger partial charge in [-0.1, -0.05) is 6.07 Å². The molecule has 0 unspecified atom stereocenters. The number of hydrogen-bond donors (Lipinski definition) is 3. The largest absolute Gasteiger partial charge is 0.480 e. The molecule has 0 bridgehead atoms. The van der Waals surface area contributed by atoms with Gasteiger partial charge in [-0.3, -0.25) is 9.69 Å². The number of carboxylic acid groups (broad SMARTS) is 1. The lowest BCUT2D eigenvalue weighted by Crippen LogP contribution is -2.40. The third kappa shape index (κ3) is 8.43. The number of aromatic nitrogens is 3. The van der Waals surface area contributed by atoms with Crippen molar-refractivity contribution >= 4 is 23.6 Å². The van der Waals surface area contributed by atoms with Crippen LogP contribution < -0.4 is 10.6 Å². The molecule has 3 rings (SSSR count). The number of rotatable bonds is 13. The fraction of sp³-hybridized carbons (Fsp3) is 0.542. The van der Waals surface area contributed by atoms with Gasteiger partial charge in [0.05, 0.1) is 18.9 Å². The molecule has 1 atom stereocenters. The number of halogens is 1. The van der Waals surface area contributed by atoms with Crippen LogP contribution in [0.1, 0.15) is 36.9 Å². The molecule has 0 spiro atoms. The standard InChI is InChI=1S/C24H34FN7O3/c1-31(2)21(33)16-32(13-10-20(23(34)35)30-24-27-14-18(25)15-28-24)12-4-3-7-19-9-8-17-6-5-11-26-22(17)29-19/h8-9,14-15,20H,3-7,10-13,16H2,1-2H3,(H,26,29)(H,34,35)(H,27,28,30)/t20-/m0/s1. The number of amides is 1. The van der Waals surface area contributed by atoms with E-state index in [1.807, 2.05) is 4.90 Å². The van der Waals surface area contributed by atoms with Crippen LogP contribution in [0.2, 0.25) is 0 Å². The molecule has 2 aromatic rings. The van der Waals surface area contributed by atoms with Gasteiger partial charge in [0.2, 0.25) is 11.9 Å². The number of hydrogen-bond acceptors (Lipinski definition) is 8. The van der Waals surface area contributed by atoms with Crippen molar-refractivity contribution in [2.45, 2.75) is 44.6 Å². The van der Waals surface area contributed by atoms with Crippen molar-refractivity contribution in [2.24, 2.45) is 0 Å². The Morgan fingerprint density at radius 2 is 1.97 bits per heavy atom. The Morgan fingerprint density at radius 3 is 2.69 bits per heavy atom. The zero-order valence-electron chi connectivity index (χ0n) is 20.3. The summed E-state index contributed by atoms with van der Waals surface area (Å²) in [6, 6.07) is 3.26. The highest BCUT2D eigenvalue weighted by atomic mass is 19.1. The molecule has 0 radical (unpaired) electrons. The van der Waals surface area contributed by atoms with E-state index in [2.05, 4.69) is 32.7 Å². The maximum atomic E-state index is 13.0. The van der Waals surface area contributed by atoms with Crippen LogP contribution in [-0.4, -0.2) is 88.1 Å². The molecule has 0 fully saturated rings. The molecule has 0 aromatic carbocycles. The fourth-order valence-corrected chi connectivity index (χ4v) is 3.86. The van der Waals surface area contributed by atoms with E-state index in [1.54, 1.807) is 14.1 Å². The van der Waals surface area contributed by atoms with Gasteiger partial charge in [0.15, 0.2) is 5.82 Å². The average molecular weight is 488 g/mol. The van der Waals surface area contributed by atoms with Crippen LogP contribution in [-0.2, 0) is 22.4 Å². The van der Waals surface area contributed by atoms with Crippen LogP contribution in [0.4, 0.5) is 16.2 Å². The number of nitrogens with zero attached hydrogens (tertiary/aromatic N) is 5. The van der Waals surface area contributed by atoms with E-state index in [1.165, 1.54) is 10.5 Å². The Morgan fingerprint density at radius 1 is 1.20 bits per heavy atom. The Hall–Kier alpha value is -3.34. The maximum Gasteiger partial charge on any atom is 0.326 e. The van der Waals surface area contributed by atoms with E-state index in [4.69, 9.17) is 4.98 Å². The molecular weight excluding hydrogens is 453 g/mol. The van der Waals surface area contributed by atoms with Gasteiger partial charge in [-0.05, 0) is 56.7 Å². The predicted molar refractivity (Wildman–Crippen MR) is 131 cm³/mol. The summed E-state index contributed by atoms with van der Waals surface area (Å²) in [5.41, 5.74) is 2.31.